The maximum absolute atomic E-state index is 5.91. The SMILES string of the molecule is c1cc(N2CCNCC2)ccc1OCCCN1CCCCCC1. The first-order chi connectivity index (χ1) is 11.4. The number of nitrogens with zero attached hydrogens (tertiary/aromatic N) is 2. The average Bonchev–Trinajstić information content (AvgIpc) is 2.89. The molecule has 0 atom stereocenters. The van der Waals surface area contributed by atoms with Crippen LogP contribution in [0.3, 0.4) is 0 Å². The van der Waals surface area contributed by atoms with Crippen LogP contribution in [0.4, 0.5) is 5.69 Å². The fourth-order valence-corrected chi connectivity index (χ4v) is 3.51. The van der Waals surface area contributed by atoms with Crippen molar-refractivity contribution in [2.24, 2.45) is 0 Å². The molecule has 1 aromatic rings. The molecule has 2 aliphatic heterocycles. The molecule has 0 unspecified atom stereocenters. The third kappa shape index (κ3) is 5.40. The summed E-state index contributed by atoms with van der Waals surface area (Å²) in [6.45, 7) is 8.90. The van der Waals surface area contributed by atoms with E-state index in [-0.39, 0.29) is 0 Å². The molecule has 2 aliphatic rings. The van der Waals surface area contributed by atoms with Crippen LogP contribution in [0.2, 0.25) is 0 Å². The maximum Gasteiger partial charge on any atom is 0.119 e. The molecular weight excluding hydrogens is 286 g/mol. The summed E-state index contributed by atoms with van der Waals surface area (Å²) >= 11 is 0. The van der Waals surface area contributed by atoms with Gasteiger partial charge >= 0.3 is 0 Å². The summed E-state index contributed by atoms with van der Waals surface area (Å²) in [5.41, 5.74) is 1.31. The summed E-state index contributed by atoms with van der Waals surface area (Å²) in [6.07, 6.45) is 6.68. The highest BCUT2D eigenvalue weighted by Crippen LogP contribution is 2.20. The number of benzene rings is 1. The van der Waals surface area contributed by atoms with Crippen molar-refractivity contribution in [1.29, 1.82) is 0 Å². The van der Waals surface area contributed by atoms with Gasteiger partial charge < -0.3 is 19.9 Å². The maximum atomic E-state index is 5.91. The topological polar surface area (TPSA) is 27.7 Å². The van der Waals surface area contributed by atoms with Crippen LogP contribution in [0.1, 0.15) is 32.1 Å². The van der Waals surface area contributed by atoms with E-state index < -0.39 is 0 Å². The summed E-state index contributed by atoms with van der Waals surface area (Å²) in [5, 5.41) is 3.39. The Bertz CT molecular complexity index is 434. The van der Waals surface area contributed by atoms with Crippen molar-refractivity contribution in [2.75, 3.05) is 57.3 Å². The van der Waals surface area contributed by atoms with E-state index in [1.807, 2.05) is 0 Å². The summed E-state index contributed by atoms with van der Waals surface area (Å²) in [7, 11) is 0. The monoisotopic (exact) mass is 317 g/mol. The van der Waals surface area contributed by atoms with E-state index in [9.17, 15) is 0 Å². The Balaban J connectivity index is 1.36. The normalized spacial score (nSPS) is 20.3. The summed E-state index contributed by atoms with van der Waals surface area (Å²) in [5.74, 6) is 1.000. The van der Waals surface area contributed by atoms with Gasteiger partial charge in [-0.25, -0.2) is 0 Å². The predicted molar refractivity (Wildman–Crippen MR) is 96.5 cm³/mol. The fraction of sp³-hybridized carbons (Fsp3) is 0.684. The zero-order valence-electron chi connectivity index (χ0n) is 14.3. The number of hydrogen-bond donors (Lipinski definition) is 1. The van der Waals surface area contributed by atoms with Crippen molar-refractivity contribution >= 4 is 5.69 Å². The molecule has 0 amide bonds. The summed E-state index contributed by atoms with van der Waals surface area (Å²) < 4.78 is 5.91. The molecule has 1 aromatic carbocycles. The largest absolute Gasteiger partial charge is 0.494 e. The lowest BCUT2D eigenvalue weighted by Gasteiger charge is -2.29. The molecule has 3 rings (SSSR count). The summed E-state index contributed by atoms with van der Waals surface area (Å²) in [4.78, 5) is 5.03. The smallest absolute Gasteiger partial charge is 0.119 e. The van der Waals surface area contributed by atoms with E-state index in [2.05, 4.69) is 39.4 Å². The third-order valence-corrected chi connectivity index (χ3v) is 4.90. The predicted octanol–water partition coefficient (Wildman–Crippen LogP) is 2.74. The van der Waals surface area contributed by atoms with Gasteiger partial charge in [0.25, 0.3) is 0 Å². The second kappa shape index (κ2) is 9.14. The molecule has 2 saturated heterocycles. The second-order valence-electron chi connectivity index (χ2n) is 6.69. The van der Waals surface area contributed by atoms with E-state index in [0.717, 1.165) is 45.0 Å². The number of anilines is 1. The third-order valence-electron chi connectivity index (χ3n) is 4.90. The molecule has 128 valence electrons. The second-order valence-corrected chi connectivity index (χ2v) is 6.69. The first kappa shape index (κ1) is 16.6. The van der Waals surface area contributed by atoms with E-state index in [1.54, 1.807) is 0 Å². The van der Waals surface area contributed by atoms with Gasteiger partial charge in [0.1, 0.15) is 5.75 Å². The van der Waals surface area contributed by atoms with Crippen LogP contribution in [0.25, 0.3) is 0 Å². The fourth-order valence-electron chi connectivity index (χ4n) is 3.51. The highest BCUT2D eigenvalue weighted by atomic mass is 16.5. The van der Waals surface area contributed by atoms with Crippen LogP contribution in [0.5, 0.6) is 5.75 Å². The first-order valence-electron chi connectivity index (χ1n) is 9.33. The molecule has 0 bridgehead atoms. The molecule has 4 nitrogen and oxygen atoms in total. The van der Waals surface area contributed by atoms with Crippen LogP contribution in [0, 0.1) is 0 Å². The number of ether oxygens (including phenoxy) is 1. The molecule has 1 N–H and O–H groups in total. The number of hydrogen-bond acceptors (Lipinski definition) is 4. The number of piperazine rings is 1. The molecule has 0 aliphatic carbocycles. The Morgan fingerprint density at radius 3 is 2.26 bits per heavy atom. The Labute approximate surface area is 140 Å². The van der Waals surface area contributed by atoms with Crippen molar-refractivity contribution in [3.63, 3.8) is 0 Å². The van der Waals surface area contributed by atoms with Gasteiger partial charge in [0.2, 0.25) is 0 Å². The van der Waals surface area contributed by atoms with Gasteiger partial charge in [0.05, 0.1) is 6.61 Å². The van der Waals surface area contributed by atoms with Crippen molar-refractivity contribution in [3.8, 4) is 5.75 Å². The zero-order chi connectivity index (χ0) is 15.7. The average molecular weight is 317 g/mol. The van der Waals surface area contributed by atoms with E-state index in [1.165, 1.54) is 51.0 Å². The van der Waals surface area contributed by atoms with Gasteiger partial charge in [-0.15, -0.1) is 0 Å². The molecule has 0 saturated carbocycles. The van der Waals surface area contributed by atoms with Crippen LogP contribution in [0.15, 0.2) is 24.3 Å². The standard InChI is InChI=1S/C19H31N3O/c1-2-4-13-21(12-3-1)14-5-17-23-19-8-6-18(7-9-19)22-15-10-20-11-16-22/h6-9,20H,1-5,10-17H2. The zero-order valence-corrected chi connectivity index (χ0v) is 14.3. The van der Waals surface area contributed by atoms with Crippen molar-refractivity contribution in [1.82, 2.24) is 10.2 Å². The lowest BCUT2D eigenvalue weighted by Crippen LogP contribution is -2.43. The minimum atomic E-state index is 0.823. The number of likely N-dealkylation sites (tertiary alicyclic amines) is 1. The van der Waals surface area contributed by atoms with Gasteiger partial charge in [-0.05, 0) is 56.6 Å². The Kier molecular flexibility index (Phi) is 6.59. The number of rotatable bonds is 6. The minimum Gasteiger partial charge on any atom is -0.494 e. The van der Waals surface area contributed by atoms with Crippen LogP contribution < -0.4 is 15.0 Å². The lowest BCUT2D eigenvalue weighted by atomic mass is 10.2. The highest BCUT2D eigenvalue weighted by molar-refractivity contribution is 5.49. The van der Waals surface area contributed by atoms with Crippen LogP contribution >= 0.6 is 0 Å². The minimum absolute atomic E-state index is 0.823. The van der Waals surface area contributed by atoms with E-state index in [0.29, 0.717) is 0 Å². The number of nitrogens with one attached hydrogen (secondary N) is 1. The van der Waals surface area contributed by atoms with Crippen molar-refractivity contribution in [3.05, 3.63) is 24.3 Å². The van der Waals surface area contributed by atoms with Crippen LogP contribution in [-0.4, -0.2) is 57.3 Å². The molecule has 2 heterocycles. The van der Waals surface area contributed by atoms with Gasteiger partial charge in [-0.3, -0.25) is 0 Å². The van der Waals surface area contributed by atoms with Crippen LogP contribution in [-0.2, 0) is 0 Å². The quantitative estimate of drug-likeness (QED) is 0.817. The van der Waals surface area contributed by atoms with Gasteiger partial charge in [-0.1, -0.05) is 12.8 Å². The van der Waals surface area contributed by atoms with E-state index >= 15 is 0 Å². The molecule has 0 spiro atoms. The Morgan fingerprint density at radius 1 is 0.870 bits per heavy atom. The van der Waals surface area contributed by atoms with E-state index in [4.69, 9.17) is 4.74 Å². The molecule has 4 heteroatoms. The molecular formula is C19H31N3O. The molecule has 23 heavy (non-hydrogen) atoms. The Hall–Kier alpha value is -1.26. The lowest BCUT2D eigenvalue weighted by molar-refractivity contribution is 0.240. The molecule has 0 aromatic heterocycles. The Morgan fingerprint density at radius 2 is 1.57 bits per heavy atom. The van der Waals surface area contributed by atoms with Gasteiger partial charge in [0, 0.05) is 38.4 Å². The summed E-state index contributed by atoms with van der Waals surface area (Å²) in [6, 6.07) is 8.61. The van der Waals surface area contributed by atoms with Gasteiger partial charge in [0.15, 0.2) is 0 Å². The highest BCUT2D eigenvalue weighted by Gasteiger charge is 2.10. The van der Waals surface area contributed by atoms with Gasteiger partial charge in [-0.2, -0.15) is 0 Å². The first-order valence-corrected chi connectivity index (χ1v) is 9.33. The molecule has 2 fully saturated rings. The van der Waals surface area contributed by atoms with Crippen molar-refractivity contribution in [2.45, 2.75) is 32.1 Å². The van der Waals surface area contributed by atoms with Crippen molar-refractivity contribution < 1.29 is 4.74 Å². The molecule has 0 radical (unpaired) electrons.